The smallest absolute Gasteiger partial charge is 0.217 e. The fourth-order valence-corrected chi connectivity index (χ4v) is 0.790. The van der Waals surface area contributed by atoms with Crippen LogP contribution in [0.25, 0.3) is 0 Å². The first kappa shape index (κ1) is 7.78. The Labute approximate surface area is 64.4 Å². The molecule has 0 saturated carbocycles. The number of rotatable bonds is 4. The highest BCUT2D eigenvalue weighted by molar-refractivity contribution is 5.73. The second-order valence-corrected chi connectivity index (χ2v) is 2.25. The normalized spacial score (nSPS) is 9.82. The van der Waals surface area contributed by atoms with Crippen LogP contribution in [0.3, 0.4) is 0 Å². The lowest BCUT2D eigenvalue weighted by molar-refractivity contribution is -0.118. The van der Waals surface area contributed by atoms with Crippen LogP contribution in [0.5, 0.6) is 0 Å². The Morgan fingerprint density at radius 1 is 1.73 bits per heavy atom. The van der Waals surface area contributed by atoms with E-state index in [1.165, 1.54) is 6.26 Å². The zero-order valence-electron chi connectivity index (χ0n) is 6.12. The van der Waals surface area contributed by atoms with Crippen molar-refractivity contribution in [2.75, 3.05) is 0 Å². The van der Waals surface area contributed by atoms with Gasteiger partial charge in [0.05, 0.1) is 6.20 Å². The minimum absolute atomic E-state index is 0.281. The highest BCUT2D eigenvalue weighted by Crippen LogP contribution is 2.00. The van der Waals surface area contributed by atoms with E-state index in [2.05, 4.69) is 4.98 Å². The lowest BCUT2D eigenvalue weighted by Crippen LogP contribution is -2.10. The molecule has 1 aromatic rings. The van der Waals surface area contributed by atoms with E-state index in [0.29, 0.717) is 25.2 Å². The van der Waals surface area contributed by atoms with Crippen LogP contribution in [-0.2, 0) is 11.2 Å². The van der Waals surface area contributed by atoms with Crippen LogP contribution < -0.4 is 5.73 Å². The molecule has 60 valence electrons. The van der Waals surface area contributed by atoms with Gasteiger partial charge >= 0.3 is 0 Å². The Hall–Kier alpha value is -1.32. The lowest BCUT2D eigenvalue weighted by atomic mass is 10.2. The Morgan fingerprint density at radius 3 is 3.09 bits per heavy atom. The maximum atomic E-state index is 10.3. The van der Waals surface area contributed by atoms with Crippen LogP contribution in [0, 0.1) is 0 Å². The number of amides is 1. The quantitative estimate of drug-likeness (QED) is 0.685. The molecule has 0 spiro atoms. The maximum absolute atomic E-state index is 10.3. The van der Waals surface area contributed by atoms with Crippen molar-refractivity contribution in [3.8, 4) is 0 Å². The zero-order chi connectivity index (χ0) is 8.10. The van der Waals surface area contributed by atoms with Crippen LogP contribution in [0.4, 0.5) is 0 Å². The monoisotopic (exact) mass is 154 g/mol. The number of nitrogens with two attached hydrogens (primary N) is 1. The molecule has 1 heterocycles. The van der Waals surface area contributed by atoms with Gasteiger partial charge in [-0.2, -0.15) is 0 Å². The van der Waals surface area contributed by atoms with E-state index in [0.717, 1.165) is 0 Å². The van der Waals surface area contributed by atoms with Gasteiger partial charge in [-0.15, -0.1) is 0 Å². The van der Waals surface area contributed by atoms with Gasteiger partial charge in [0, 0.05) is 12.8 Å². The van der Waals surface area contributed by atoms with Gasteiger partial charge in [0.25, 0.3) is 0 Å². The third-order valence-electron chi connectivity index (χ3n) is 1.30. The molecule has 0 aliphatic rings. The fraction of sp³-hybridized carbons (Fsp3) is 0.429. The van der Waals surface area contributed by atoms with Gasteiger partial charge in [-0.05, 0) is 6.42 Å². The molecule has 0 atom stereocenters. The molecular formula is C7H10N2O2. The van der Waals surface area contributed by atoms with Gasteiger partial charge in [0.1, 0.15) is 6.26 Å². The van der Waals surface area contributed by atoms with Gasteiger partial charge in [-0.3, -0.25) is 4.79 Å². The second-order valence-electron chi connectivity index (χ2n) is 2.25. The summed E-state index contributed by atoms with van der Waals surface area (Å²) >= 11 is 0. The molecule has 11 heavy (non-hydrogen) atoms. The summed E-state index contributed by atoms with van der Waals surface area (Å²) in [6.07, 6.45) is 4.87. The van der Waals surface area contributed by atoms with Gasteiger partial charge < -0.3 is 10.2 Å². The molecule has 1 rings (SSSR count). The molecular weight excluding hydrogens is 144 g/mol. The lowest BCUT2D eigenvalue weighted by Gasteiger charge is -1.91. The van der Waals surface area contributed by atoms with E-state index < -0.39 is 0 Å². The highest BCUT2D eigenvalue weighted by atomic mass is 16.3. The highest BCUT2D eigenvalue weighted by Gasteiger charge is 1.98. The van der Waals surface area contributed by atoms with Crippen LogP contribution in [-0.4, -0.2) is 10.9 Å². The molecule has 1 aromatic heterocycles. The van der Waals surface area contributed by atoms with Crippen molar-refractivity contribution in [1.29, 1.82) is 0 Å². The molecule has 2 N–H and O–H groups in total. The summed E-state index contributed by atoms with van der Waals surface area (Å²) in [5.41, 5.74) is 4.94. The van der Waals surface area contributed by atoms with Crippen molar-refractivity contribution in [3.63, 3.8) is 0 Å². The number of nitrogens with zero attached hydrogens (tertiary/aromatic N) is 1. The van der Waals surface area contributed by atoms with Crippen molar-refractivity contribution >= 4 is 5.91 Å². The van der Waals surface area contributed by atoms with E-state index in [1.54, 1.807) is 6.20 Å². The average Bonchev–Trinajstić information content (AvgIpc) is 2.39. The number of oxazole rings is 1. The molecule has 0 radical (unpaired) electrons. The van der Waals surface area contributed by atoms with E-state index in [9.17, 15) is 4.79 Å². The molecule has 0 unspecified atom stereocenters. The number of hydrogen-bond acceptors (Lipinski definition) is 3. The fourth-order valence-electron chi connectivity index (χ4n) is 0.790. The second kappa shape index (κ2) is 3.75. The summed E-state index contributed by atoms with van der Waals surface area (Å²) in [5, 5.41) is 0. The molecule has 0 aromatic carbocycles. The van der Waals surface area contributed by atoms with Crippen LogP contribution in [0.1, 0.15) is 18.7 Å². The van der Waals surface area contributed by atoms with E-state index >= 15 is 0 Å². The summed E-state index contributed by atoms with van der Waals surface area (Å²) in [5.74, 6) is 0.378. The largest absolute Gasteiger partial charge is 0.449 e. The van der Waals surface area contributed by atoms with Gasteiger partial charge in [0.2, 0.25) is 5.91 Å². The molecule has 0 aliphatic heterocycles. The van der Waals surface area contributed by atoms with Gasteiger partial charge in [-0.25, -0.2) is 4.98 Å². The summed E-state index contributed by atoms with van der Waals surface area (Å²) < 4.78 is 4.95. The standard InChI is InChI=1S/C7H10N2O2/c8-6(10)2-1-3-7-9-4-5-11-7/h4-5H,1-3H2,(H2,8,10). The van der Waals surface area contributed by atoms with Gasteiger partial charge in [-0.1, -0.05) is 0 Å². The van der Waals surface area contributed by atoms with Crippen molar-refractivity contribution in [2.24, 2.45) is 5.73 Å². The Balaban J connectivity index is 2.19. The zero-order valence-corrected chi connectivity index (χ0v) is 6.12. The van der Waals surface area contributed by atoms with Crippen molar-refractivity contribution in [3.05, 3.63) is 18.4 Å². The topological polar surface area (TPSA) is 69.1 Å². The van der Waals surface area contributed by atoms with Crippen LogP contribution in [0.2, 0.25) is 0 Å². The predicted molar refractivity (Wildman–Crippen MR) is 38.6 cm³/mol. The first-order valence-corrected chi connectivity index (χ1v) is 3.45. The number of primary amides is 1. The molecule has 4 heteroatoms. The van der Waals surface area contributed by atoms with Crippen LogP contribution in [0.15, 0.2) is 16.9 Å². The van der Waals surface area contributed by atoms with E-state index in [-0.39, 0.29) is 5.91 Å². The summed E-state index contributed by atoms with van der Waals surface area (Å²) in [4.78, 5) is 14.2. The van der Waals surface area contributed by atoms with Crippen molar-refractivity contribution in [2.45, 2.75) is 19.3 Å². The van der Waals surface area contributed by atoms with E-state index in [4.69, 9.17) is 10.2 Å². The Kier molecular flexibility index (Phi) is 2.66. The SMILES string of the molecule is NC(=O)CCCc1ncco1. The Bertz CT molecular complexity index is 218. The summed E-state index contributed by atoms with van der Waals surface area (Å²) in [7, 11) is 0. The Morgan fingerprint density at radius 2 is 2.55 bits per heavy atom. The maximum Gasteiger partial charge on any atom is 0.217 e. The minimum Gasteiger partial charge on any atom is -0.449 e. The summed E-state index contributed by atoms with van der Waals surface area (Å²) in [6.45, 7) is 0. The number of aromatic nitrogens is 1. The van der Waals surface area contributed by atoms with E-state index in [1.807, 2.05) is 0 Å². The first-order chi connectivity index (χ1) is 5.29. The molecule has 1 amide bonds. The third kappa shape index (κ3) is 2.84. The number of aryl methyl sites for hydroxylation is 1. The predicted octanol–water partition coefficient (Wildman–Crippen LogP) is 0.483. The third-order valence-corrected chi connectivity index (χ3v) is 1.30. The molecule has 0 fully saturated rings. The number of carbonyl (C=O) groups is 1. The summed E-state index contributed by atoms with van der Waals surface area (Å²) in [6, 6.07) is 0. The van der Waals surface area contributed by atoms with Crippen molar-refractivity contribution in [1.82, 2.24) is 4.98 Å². The molecule has 4 nitrogen and oxygen atoms in total. The first-order valence-electron chi connectivity index (χ1n) is 3.45. The average molecular weight is 154 g/mol. The minimum atomic E-state index is -0.281. The van der Waals surface area contributed by atoms with Crippen LogP contribution >= 0.6 is 0 Å². The molecule has 0 bridgehead atoms. The molecule has 0 aliphatic carbocycles. The van der Waals surface area contributed by atoms with Gasteiger partial charge in [0.15, 0.2) is 5.89 Å². The number of carbonyl (C=O) groups excluding carboxylic acids is 1. The number of hydrogen-bond donors (Lipinski definition) is 1. The van der Waals surface area contributed by atoms with Crippen molar-refractivity contribution < 1.29 is 9.21 Å². The molecule has 0 saturated heterocycles.